The fourth-order valence-electron chi connectivity index (χ4n) is 3.89. The Labute approximate surface area is 153 Å². The number of aromatic amines is 1. The van der Waals surface area contributed by atoms with E-state index in [4.69, 9.17) is 4.42 Å². The van der Waals surface area contributed by atoms with Gasteiger partial charge in [0.1, 0.15) is 17.3 Å². The molecule has 2 aromatic heterocycles. The molecule has 0 unspecified atom stereocenters. The number of hydrogen-bond donors (Lipinski definition) is 1. The quantitative estimate of drug-likeness (QED) is 0.776. The molecule has 0 saturated carbocycles. The second-order valence-electron chi connectivity index (χ2n) is 7.41. The van der Waals surface area contributed by atoms with Gasteiger partial charge in [-0.15, -0.1) is 0 Å². The molecule has 0 amide bonds. The minimum absolute atomic E-state index is 0.0592. The lowest BCUT2D eigenvalue weighted by Crippen LogP contribution is -2.37. The highest BCUT2D eigenvalue weighted by atomic mass is 16.3. The standard InChI is InChI=1S/C21H25N3O2/c1-14-9-11-24(18(13-14)19-8-7-15(2)26-19)12-10-20-22-17-6-4-3-5-16(17)21(25)23-20/h3-8,14,18H,9-13H2,1-2H3,(H,22,23,25)/t14-,18-/m1/s1. The number of nitrogens with zero attached hydrogens (tertiary/aromatic N) is 2. The summed E-state index contributed by atoms with van der Waals surface area (Å²) in [4.78, 5) is 22.3. The van der Waals surface area contributed by atoms with Crippen LogP contribution in [0.4, 0.5) is 0 Å². The lowest BCUT2D eigenvalue weighted by molar-refractivity contribution is 0.102. The molecular formula is C21H25N3O2. The third-order valence-electron chi connectivity index (χ3n) is 5.36. The van der Waals surface area contributed by atoms with Crippen LogP contribution in [0.1, 0.15) is 43.2 Å². The second-order valence-corrected chi connectivity index (χ2v) is 7.41. The van der Waals surface area contributed by atoms with Gasteiger partial charge in [-0.3, -0.25) is 9.69 Å². The van der Waals surface area contributed by atoms with E-state index < -0.39 is 0 Å². The maximum absolute atomic E-state index is 12.3. The SMILES string of the molecule is Cc1ccc([C@H]2C[C@H](C)CCN2CCc2nc3ccccc3c(=O)[nH]2)o1. The van der Waals surface area contributed by atoms with Crippen molar-refractivity contribution in [1.29, 1.82) is 0 Å². The molecule has 1 aromatic carbocycles. The molecule has 136 valence electrons. The maximum atomic E-state index is 12.3. The van der Waals surface area contributed by atoms with Gasteiger partial charge < -0.3 is 9.40 Å². The van der Waals surface area contributed by atoms with Gasteiger partial charge >= 0.3 is 0 Å². The van der Waals surface area contributed by atoms with Crippen LogP contribution in [0, 0.1) is 12.8 Å². The third kappa shape index (κ3) is 3.44. The van der Waals surface area contributed by atoms with Gasteiger partial charge in [-0.25, -0.2) is 4.98 Å². The average Bonchev–Trinajstić information content (AvgIpc) is 3.07. The largest absolute Gasteiger partial charge is 0.465 e. The van der Waals surface area contributed by atoms with Crippen LogP contribution < -0.4 is 5.56 Å². The zero-order valence-electron chi connectivity index (χ0n) is 15.4. The van der Waals surface area contributed by atoms with Crippen molar-refractivity contribution >= 4 is 10.9 Å². The van der Waals surface area contributed by atoms with Gasteiger partial charge in [-0.05, 0) is 56.5 Å². The van der Waals surface area contributed by atoms with Gasteiger partial charge in [0, 0.05) is 13.0 Å². The van der Waals surface area contributed by atoms with Crippen LogP contribution in [-0.2, 0) is 6.42 Å². The van der Waals surface area contributed by atoms with Crippen LogP contribution in [-0.4, -0.2) is 28.0 Å². The zero-order valence-corrected chi connectivity index (χ0v) is 15.4. The van der Waals surface area contributed by atoms with Crippen LogP contribution in [0.25, 0.3) is 10.9 Å². The Morgan fingerprint density at radius 1 is 1.27 bits per heavy atom. The molecule has 0 spiro atoms. The molecule has 3 aromatic rings. The predicted octanol–water partition coefficient (Wildman–Crippen LogP) is 3.84. The second kappa shape index (κ2) is 7.08. The van der Waals surface area contributed by atoms with E-state index in [9.17, 15) is 4.79 Å². The smallest absolute Gasteiger partial charge is 0.258 e. The summed E-state index contributed by atoms with van der Waals surface area (Å²) in [5.74, 6) is 3.45. The van der Waals surface area contributed by atoms with Crippen molar-refractivity contribution in [3.05, 3.63) is 64.1 Å². The fourth-order valence-corrected chi connectivity index (χ4v) is 3.89. The lowest BCUT2D eigenvalue weighted by Gasteiger charge is -2.37. The Bertz CT molecular complexity index is 959. The Hall–Kier alpha value is -2.40. The first-order valence-corrected chi connectivity index (χ1v) is 9.38. The van der Waals surface area contributed by atoms with Crippen molar-refractivity contribution < 1.29 is 4.42 Å². The summed E-state index contributed by atoms with van der Waals surface area (Å²) in [5.41, 5.74) is 0.702. The van der Waals surface area contributed by atoms with E-state index in [2.05, 4.69) is 27.9 Å². The van der Waals surface area contributed by atoms with E-state index in [1.807, 2.05) is 37.3 Å². The number of para-hydroxylation sites is 1. The van der Waals surface area contributed by atoms with E-state index in [1.54, 1.807) is 0 Å². The van der Waals surface area contributed by atoms with Crippen LogP contribution in [0.3, 0.4) is 0 Å². The zero-order chi connectivity index (χ0) is 18.1. The minimum Gasteiger partial charge on any atom is -0.465 e. The van der Waals surface area contributed by atoms with Crippen LogP contribution in [0.2, 0.25) is 0 Å². The number of aromatic nitrogens is 2. The molecule has 1 aliphatic rings. The summed E-state index contributed by atoms with van der Waals surface area (Å²) >= 11 is 0. The maximum Gasteiger partial charge on any atom is 0.258 e. The van der Waals surface area contributed by atoms with Gasteiger partial charge in [0.2, 0.25) is 0 Å². The van der Waals surface area contributed by atoms with Crippen LogP contribution >= 0.6 is 0 Å². The molecule has 1 aliphatic heterocycles. The van der Waals surface area contributed by atoms with E-state index in [0.717, 1.165) is 48.8 Å². The Kier molecular flexibility index (Phi) is 4.64. The van der Waals surface area contributed by atoms with Crippen molar-refractivity contribution in [3.63, 3.8) is 0 Å². The summed E-state index contributed by atoms with van der Waals surface area (Å²) in [6.07, 6.45) is 3.02. The van der Waals surface area contributed by atoms with Gasteiger partial charge in [0.15, 0.2) is 0 Å². The molecule has 1 N–H and O–H groups in total. The highest BCUT2D eigenvalue weighted by molar-refractivity contribution is 5.77. The lowest BCUT2D eigenvalue weighted by atomic mass is 9.91. The minimum atomic E-state index is -0.0592. The normalized spacial score (nSPS) is 21.3. The number of aryl methyl sites for hydroxylation is 1. The molecule has 2 atom stereocenters. The first-order chi connectivity index (χ1) is 12.6. The third-order valence-corrected chi connectivity index (χ3v) is 5.36. The van der Waals surface area contributed by atoms with Crippen molar-refractivity contribution in [2.75, 3.05) is 13.1 Å². The van der Waals surface area contributed by atoms with Crippen LogP contribution in [0.5, 0.6) is 0 Å². The van der Waals surface area contributed by atoms with Gasteiger partial charge in [0.05, 0.1) is 16.9 Å². The Morgan fingerprint density at radius 3 is 2.92 bits per heavy atom. The summed E-state index contributed by atoms with van der Waals surface area (Å²) < 4.78 is 5.92. The molecule has 1 saturated heterocycles. The number of nitrogens with one attached hydrogen (secondary N) is 1. The first kappa shape index (κ1) is 17.0. The number of furan rings is 1. The van der Waals surface area contributed by atoms with Gasteiger partial charge in [-0.1, -0.05) is 19.1 Å². The molecular weight excluding hydrogens is 326 g/mol. The number of hydrogen-bond acceptors (Lipinski definition) is 4. The molecule has 0 radical (unpaired) electrons. The summed E-state index contributed by atoms with van der Waals surface area (Å²) in [6, 6.07) is 11.9. The van der Waals surface area contributed by atoms with Crippen molar-refractivity contribution in [2.24, 2.45) is 5.92 Å². The number of fused-ring (bicyclic) bond motifs is 1. The fraction of sp³-hybridized carbons (Fsp3) is 0.429. The number of rotatable bonds is 4. The van der Waals surface area contributed by atoms with Crippen LogP contribution in [0.15, 0.2) is 45.6 Å². The molecule has 0 bridgehead atoms. The molecule has 26 heavy (non-hydrogen) atoms. The monoisotopic (exact) mass is 351 g/mol. The van der Waals surface area contributed by atoms with Crippen molar-refractivity contribution in [3.8, 4) is 0 Å². The summed E-state index contributed by atoms with van der Waals surface area (Å²) in [5, 5.41) is 0.645. The van der Waals surface area contributed by atoms with Gasteiger partial charge in [-0.2, -0.15) is 0 Å². The number of H-pyrrole nitrogens is 1. The van der Waals surface area contributed by atoms with E-state index in [1.165, 1.54) is 6.42 Å². The Morgan fingerprint density at radius 2 is 2.12 bits per heavy atom. The number of benzene rings is 1. The summed E-state index contributed by atoms with van der Waals surface area (Å²) in [6.45, 7) is 6.20. The van der Waals surface area contributed by atoms with E-state index >= 15 is 0 Å². The highest BCUT2D eigenvalue weighted by Crippen LogP contribution is 2.34. The van der Waals surface area contributed by atoms with E-state index in [0.29, 0.717) is 17.3 Å². The Balaban J connectivity index is 1.53. The van der Waals surface area contributed by atoms with E-state index in [-0.39, 0.29) is 5.56 Å². The van der Waals surface area contributed by atoms with Crippen molar-refractivity contribution in [1.82, 2.24) is 14.9 Å². The predicted molar refractivity (Wildman–Crippen MR) is 102 cm³/mol. The number of piperidine rings is 1. The highest BCUT2D eigenvalue weighted by Gasteiger charge is 2.29. The van der Waals surface area contributed by atoms with Crippen molar-refractivity contribution in [2.45, 2.75) is 39.2 Å². The molecule has 5 nitrogen and oxygen atoms in total. The molecule has 1 fully saturated rings. The summed E-state index contributed by atoms with van der Waals surface area (Å²) in [7, 11) is 0. The topological polar surface area (TPSA) is 62.1 Å². The molecule has 5 heteroatoms. The molecule has 4 rings (SSSR count). The van der Waals surface area contributed by atoms with Gasteiger partial charge in [0.25, 0.3) is 5.56 Å². The molecule has 0 aliphatic carbocycles. The number of likely N-dealkylation sites (tertiary alicyclic amines) is 1. The molecule has 3 heterocycles. The first-order valence-electron chi connectivity index (χ1n) is 9.38. The average molecular weight is 351 g/mol.